The van der Waals surface area contributed by atoms with Crippen LogP contribution in [0.5, 0.6) is 5.75 Å². The van der Waals surface area contributed by atoms with Crippen LogP contribution in [0.25, 0.3) is 0 Å². The molecule has 0 saturated heterocycles. The van der Waals surface area contributed by atoms with Crippen molar-refractivity contribution >= 4 is 23.9 Å². The van der Waals surface area contributed by atoms with Crippen molar-refractivity contribution in [1.82, 2.24) is 10.6 Å². The number of hydrogen-bond donors (Lipinski definition) is 6. The number of aryl methyl sites for hydroxylation is 1. The zero-order valence-corrected chi connectivity index (χ0v) is 13.9. The van der Waals surface area contributed by atoms with E-state index in [9.17, 15) is 29.4 Å². The molecule has 0 aliphatic heterocycles. The number of rotatable bonds is 9. The third-order valence-corrected chi connectivity index (χ3v) is 3.55. The van der Waals surface area contributed by atoms with Gasteiger partial charge in [-0.25, -0.2) is 14.4 Å². The summed E-state index contributed by atoms with van der Waals surface area (Å²) < 4.78 is 0. The second kappa shape index (κ2) is 9.25. The highest BCUT2D eigenvalue weighted by Gasteiger charge is 2.25. The lowest BCUT2D eigenvalue weighted by Crippen LogP contribution is -2.51. The smallest absolute Gasteiger partial charge is 0.326 e. The fraction of sp³-hybridized carbons (Fsp3) is 0.375. The lowest BCUT2D eigenvalue weighted by Gasteiger charge is -2.18. The number of aliphatic carboxylic acids is 3. The molecule has 10 heteroatoms. The molecule has 1 aromatic carbocycles. The Labute approximate surface area is 148 Å². The van der Waals surface area contributed by atoms with E-state index in [0.717, 1.165) is 0 Å². The molecule has 0 spiro atoms. The fourth-order valence-electron chi connectivity index (χ4n) is 2.16. The van der Waals surface area contributed by atoms with Crippen LogP contribution in [0.1, 0.15) is 24.0 Å². The number of carbonyl (C=O) groups is 4. The van der Waals surface area contributed by atoms with Gasteiger partial charge in [-0.1, -0.05) is 12.1 Å². The van der Waals surface area contributed by atoms with E-state index in [-0.39, 0.29) is 18.6 Å². The quantitative estimate of drug-likeness (QED) is 0.361. The molecule has 2 amide bonds. The van der Waals surface area contributed by atoms with Gasteiger partial charge < -0.3 is 31.1 Å². The van der Waals surface area contributed by atoms with Gasteiger partial charge in [0.1, 0.15) is 17.8 Å². The van der Waals surface area contributed by atoms with E-state index >= 15 is 0 Å². The Hall–Kier alpha value is -3.30. The number of hydrogen-bond acceptors (Lipinski definition) is 5. The minimum Gasteiger partial charge on any atom is -0.508 e. The van der Waals surface area contributed by atoms with Crippen LogP contribution in [0, 0.1) is 6.92 Å². The summed E-state index contributed by atoms with van der Waals surface area (Å²) in [5.74, 6) is -3.93. The van der Waals surface area contributed by atoms with Gasteiger partial charge in [-0.15, -0.1) is 0 Å². The van der Waals surface area contributed by atoms with E-state index in [1.54, 1.807) is 13.0 Å². The van der Waals surface area contributed by atoms with Gasteiger partial charge in [-0.2, -0.15) is 0 Å². The number of urea groups is 1. The maximum Gasteiger partial charge on any atom is 0.326 e. The van der Waals surface area contributed by atoms with Crippen LogP contribution >= 0.6 is 0 Å². The molecule has 0 aliphatic rings. The molecule has 0 saturated carbocycles. The molecule has 142 valence electrons. The largest absolute Gasteiger partial charge is 0.508 e. The van der Waals surface area contributed by atoms with Gasteiger partial charge >= 0.3 is 23.9 Å². The van der Waals surface area contributed by atoms with Gasteiger partial charge in [-0.3, -0.25) is 4.79 Å². The maximum absolute atomic E-state index is 11.9. The van der Waals surface area contributed by atoms with Gasteiger partial charge in [0.15, 0.2) is 0 Å². The lowest BCUT2D eigenvalue weighted by molar-refractivity contribution is -0.140. The molecule has 6 N–H and O–H groups in total. The normalized spacial score (nSPS) is 12.7. The molecular formula is C16H20N2O8. The number of carboxylic acid groups (broad SMARTS) is 3. The van der Waals surface area contributed by atoms with Crippen molar-refractivity contribution in [2.75, 3.05) is 0 Å². The number of benzene rings is 1. The van der Waals surface area contributed by atoms with E-state index in [4.69, 9.17) is 10.2 Å². The summed E-state index contributed by atoms with van der Waals surface area (Å²) in [7, 11) is 0. The minimum absolute atomic E-state index is 0.0501. The molecule has 1 rings (SSSR count). The first-order valence-corrected chi connectivity index (χ1v) is 7.63. The topological polar surface area (TPSA) is 173 Å². The second-order valence-corrected chi connectivity index (χ2v) is 5.66. The van der Waals surface area contributed by atoms with Crippen LogP contribution in [-0.2, 0) is 20.8 Å². The average Bonchev–Trinajstić information content (AvgIpc) is 2.53. The summed E-state index contributed by atoms with van der Waals surface area (Å²) >= 11 is 0. The van der Waals surface area contributed by atoms with Gasteiger partial charge in [0, 0.05) is 12.8 Å². The van der Waals surface area contributed by atoms with E-state index in [1.807, 2.05) is 5.32 Å². The highest BCUT2D eigenvalue weighted by molar-refractivity contribution is 5.86. The fourth-order valence-corrected chi connectivity index (χ4v) is 2.16. The Balaban J connectivity index is 2.74. The van der Waals surface area contributed by atoms with Crippen molar-refractivity contribution in [2.24, 2.45) is 0 Å². The predicted molar refractivity (Wildman–Crippen MR) is 87.9 cm³/mol. The molecule has 10 nitrogen and oxygen atoms in total. The first kappa shape index (κ1) is 20.7. The Bertz CT molecular complexity index is 703. The predicted octanol–water partition coefficient (Wildman–Crippen LogP) is 0.314. The summed E-state index contributed by atoms with van der Waals surface area (Å²) in [4.78, 5) is 44.8. The number of phenols is 1. The van der Waals surface area contributed by atoms with Crippen molar-refractivity contribution in [3.8, 4) is 5.75 Å². The van der Waals surface area contributed by atoms with Crippen molar-refractivity contribution in [1.29, 1.82) is 0 Å². The third kappa shape index (κ3) is 6.67. The molecule has 2 atom stereocenters. The van der Waals surface area contributed by atoms with Gasteiger partial charge in [0.2, 0.25) is 0 Å². The highest BCUT2D eigenvalue weighted by Crippen LogP contribution is 2.18. The average molecular weight is 368 g/mol. The van der Waals surface area contributed by atoms with Crippen LogP contribution in [0.15, 0.2) is 18.2 Å². The lowest BCUT2D eigenvalue weighted by atomic mass is 10.0. The van der Waals surface area contributed by atoms with Crippen LogP contribution in [0.3, 0.4) is 0 Å². The van der Waals surface area contributed by atoms with Crippen molar-refractivity contribution < 1.29 is 39.6 Å². The van der Waals surface area contributed by atoms with E-state index in [1.165, 1.54) is 12.1 Å². The molecule has 0 unspecified atom stereocenters. The first-order valence-electron chi connectivity index (χ1n) is 7.63. The molecule has 1 aromatic rings. The molecular weight excluding hydrogens is 348 g/mol. The van der Waals surface area contributed by atoms with Gasteiger partial charge in [-0.05, 0) is 30.5 Å². The Kier molecular flexibility index (Phi) is 7.38. The van der Waals surface area contributed by atoms with Crippen molar-refractivity contribution in [3.05, 3.63) is 29.3 Å². The van der Waals surface area contributed by atoms with E-state index < -0.39 is 42.4 Å². The third-order valence-electron chi connectivity index (χ3n) is 3.55. The molecule has 0 aliphatic carbocycles. The summed E-state index contributed by atoms with van der Waals surface area (Å²) in [6, 6.07) is 0.633. The van der Waals surface area contributed by atoms with Crippen LogP contribution in [0.2, 0.25) is 0 Å². The molecule has 0 fully saturated rings. The summed E-state index contributed by atoms with van der Waals surface area (Å²) in [5, 5.41) is 40.5. The second-order valence-electron chi connectivity index (χ2n) is 5.66. The molecule has 0 aromatic heterocycles. The zero-order chi connectivity index (χ0) is 19.9. The zero-order valence-electron chi connectivity index (χ0n) is 13.9. The Morgan fingerprint density at radius 3 is 2.08 bits per heavy atom. The minimum atomic E-state index is -1.46. The van der Waals surface area contributed by atoms with E-state index in [2.05, 4.69) is 5.32 Å². The molecule has 0 bridgehead atoms. The molecule has 0 radical (unpaired) electrons. The maximum atomic E-state index is 11.9. The Morgan fingerprint density at radius 2 is 1.58 bits per heavy atom. The highest BCUT2D eigenvalue weighted by atomic mass is 16.4. The number of carboxylic acids is 3. The van der Waals surface area contributed by atoms with E-state index in [0.29, 0.717) is 11.1 Å². The van der Waals surface area contributed by atoms with Crippen LogP contribution in [-0.4, -0.2) is 56.4 Å². The molecule has 0 heterocycles. The number of nitrogens with one attached hydrogen (secondary N) is 2. The monoisotopic (exact) mass is 368 g/mol. The Morgan fingerprint density at radius 1 is 1.00 bits per heavy atom. The number of phenolic OH excluding ortho intramolecular Hbond substituents is 1. The van der Waals surface area contributed by atoms with Gasteiger partial charge in [0.05, 0.1) is 0 Å². The summed E-state index contributed by atoms with van der Waals surface area (Å²) in [5.41, 5.74) is 1.09. The molecule has 26 heavy (non-hydrogen) atoms. The summed E-state index contributed by atoms with van der Waals surface area (Å²) in [6.45, 7) is 1.63. The van der Waals surface area contributed by atoms with Crippen LogP contribution < -0.4 is 10.6 Å². The van der Waals surface area contributed by atoms with Crippen molar-refractivity contribution in [2.45, 2.75) is 38.3 Å². The van der Waals surface area contributed by atoms with Crippen LogP contribution in [0.4, 0.5) is 4.79 Å². The number of carbonyl (C=O) groups excluding carboxylic acids is 1. The van der Waals surface area contributed by atoms with Gasteiger partial charge in [0.25, 0.3) is 0 Å². The number of aromatic hydroxyl groups is 1. The first-order chi connectivity index (χ1) is 12.1. The SMILES string of the molecule is Cc1cc(C[C@H](NC(=O)N[C@@H](CCC(=O)O)C(=O)O)C(=O)O)ccc1O. The van der Waals surface area contributed by atoms with Crippen molar-refractivity contribution in [3.63, 3.8) is 0 Å². The summed E-state index contributed by atoms with van der Waals surface area (Å²) in [6.07, 6.45) is -0.893. The standard InChI is InChI=1S/C16H20N2O8/c1-8-6-9(2-4-12(8)19)7-11(15(24)25)18-16(26)17-10(14(22)23)3-5-13(20)21/h2,4,6,10-11,19H,3,5,7H2,1H3,(H,20,21)(H,22,23)(H,24,25)(H2,17,18,26)/t10-,11-/m0/s1. The number of amides is 2.